The summed E-state index contributed by atoms with van der Waals surface area (Å²) in [5.74, 6) is 0.172. The highest BCUT2D eigenvalue weighted by Crippen LogP contribution is 2.41. The highest BCUT2D eigenvalue weighted by molar-refractivity contribution is 6.30. The van der Waals surface area contributed by atoms with Crippen molar-refractivity contribution in [2.45, 2.75) is 31.1 Å². The van der Waals surface area contributed by atoms with Gasteiger partial charge in [0.15, 0.2) is 5.96 Å². The average molecular weight is 252 g/mol. The third-order valence-corrected chi connectivity index (χ3v) is 3.83. The monoisotopic (exact) mass is 251 g/mol. The van der Waals surface area contributed by atoms with Gasteiger partial charge in [0.1, 0.15) is 0 Å². The Morgan fingerprint density at radius 3 is 2.29 bits per heavy atom. The summed E-state index contributed by atoms with van der Waals surface area (Å²) in [6.07, 6.45) is 4.77. The van der Waals surface area contributed by atoms with Crippen LogP contribution in [-0.4, -0.2) is 12.5 Å². The summed E-state index contributed by atoms with van der Waals surface area (Å²) in [6.45, 7) is 0.678. The number of guanidine groups is 1. The van der Waals surface area contributed by atoms with Crippen LogP contribution in [0.5, 0.6) is 0 Å². The second-order valence-corrected chi connectivity index (χ2v) is 5.17. The topological polar surface area (TPSA) is 64.4 Å². The molecule has 0 radical (unpaired) electrons. The fraction of sp³-hybridized carbons (Fsp3) is 0.462. The number of halogens is 1. The van der Waals surface area contributed by atoms with Gasteiger partial charge in [-0.2, -0.15) is 0 Å². The molecule has 4 heteroatoms. The van der Waals surface area contributed by atoms with Crippen molar-refractivity contribution >= 4 is 17.6 Å². The minimum Gasteiger partial charge on any atom is -0.370 e. The molecule has 0 amide bonds. The van der Waals surface area contributed by atoms with Gasteiger partial charge in [-0.25, -0.2) is 0 Å². The van der Waals surface area contributed by atoms with Gasteiger partial charge in [0.25, 0.3) is 0 Å². The molecule has 0 spiro atoms. The molecule has 0 unspecified atom stereocenters. The predicted octanol–water partition coefficient (Wildman–Crippen LogP) is 2.43. The lowest BCUT2D eigenvalue weighted by atomic mass is 9.79. The van der Waals surface area contributed by atoms with Gasteiger partial charge in [-0.1, -0.05) is 36.6 Å². The third kappa shape index (κ3) is 2.72. The van der Waals surface area contributed by atoms with Crippen LogP contribution in [0.1, 0.15) is 31.2 Å². The van der Waals surface area contributed by atoms with Crippen LogP contribution in [-0.2, 0) is 5.41 Å². The number of hydrogen-bond donors (Lipinski definition) is 2. The number of nitrogens with two attached hydrogens (primary N) is 2. The SMILES string of the molecule is NC(N)=NCC1(c2ccc(Cl)cc2)CCCC1. The van der Waals surface area contributed by atoms with Crippen molar-refractivity contribution in [1.82, 2.24) is 0 Å². The van der Waals surface area contributed by atoms with Crippen LogP contribution in [0.2, 0.25) is 5.02 Å². The van der Waals surface area contributed by atoms with Crippen LogP contribution in [0, 0.1) is 0 Å². The fourth-order valence-electron chi connectivity index (χ4n) is 2.64. The minimum absolute atomic E-state index is 0.106. The zero-order chi connectivity index (χ0) is 12.3. The summed E-state index contributed by atoms with van der Waals surface area (Å²) in [4.78, 5) is 4.22. The number of aliphatic imine (C=N–C) groups is 1. The smallest absolute Gasteiger partial charge is 0.185 e. The van der Waals surface area contributed by atoms with Crippen LogP contribution < -0.4 is 11.5 Å². The molecule has 0 aromatic heterocycles. The molecule has 1 fully saturated rings. The van der Waals surface area contributed by atoms with Gasteiger partial charge in [-0.05, 0) is 30.5 Å². The third-order valence-electron chi connectivity index (χ3n) is 3.58. The number of rotatable bonds is 3. The molecule has 0 bridgehead atoms. The molecule has 92 valence electrons. The molecule has 3 nitrogen and oxygen atoms in total. The molecular formula is C13H18ClN3. The molecular weight excluding hydrogens is 234 g/mol. The second kappa shape index (κ2) is 4.96. The predicted molar refractivity (Wildman–Crippen MR) is 72.3 cm³/mol. The van der Waals surface area contributed by atoms with Crippen molar-refractivity contribution in [2.24, 2.45) is 16.5 Å². The lowest BCUT2D eigenvalue weighted by Crippen LogP contribution is -2.30. The molecule has 0 heterocycles. The van der Waals surface area contributed by atoms with Gasteiger partial charge in [0, 0.05) is 10.4 Å². The van der Waals surface area contributed by atoms with Gasteiger partial charge in [0.2, 0.25) is 0 Å². The summed E-state index contributed by atoms with van der Waals surface area (Å²) < 4.78 is 0. The Morgan fingerprint density at radius 2 is 1.76 bits per heavy atom. The van der Waals surface area contributed by atoms with Gasteiger partial charge in [-0.3, -0.25) is 4.99 Å². The molecule has 1 saturated carbocycles. The van der Waals surface area contributed by atoms with Gasteiger partial charge >= 0.3 is 0 Å². The van der Waals surface area contributed by atoms with E-state index >= 15 is 0 Å². The molecule has 1 aromatic carbocycles. The van der Waals surface area contributed by atoms with Gasteiger partial charge < -0.3 is 11.5 Å². The van der Waals surface area contributed by atoms with Crippen LogP contribution in [0.25, 0.3) is 0 Å². The largest absolute Gasteiger partial charge is 0.370 e. The maximum Gasteiger partial charge on any atom is 0.185 e. The minimum atomic E-state index is 0.106. The van der Waals surface area contributed by atoms with E-state index in [2.05, 4.69) is 17.1 Å². The van der Waals surface area contributed by atoms with Crippen LogP contribution in [0.15, 0.2) is 29.3 Å². The summed E-state index contributed by atoms with van der Waals surface area (Å²) in [5, 5.41) is 0.767. The van der Waals surface area contributed by atoms with E-state index in [1.54, 1.807) is 0 Å². The summed E-state index contributed by atoms with van der Waals surface area (Å²) >= 11 is 5.92. The number of hydrogen-bond acceptors (Lipinski definition) is 1. The summed E-state index contributed by atoms with van der Waals surface area (Å²) in [5.41, 5.74) is 12.3. The molecule has 17 heavy (non-hydrogen) atoms. The van der Waals surface area contributed by atoms with E-state index < -0.39 is 0 Å². The van der Waals surface area contributed by atoms with Crippen molar-refractivity contribution < 1.29 is 0 Å². The van der Waals surface area contributed by atoms with Crippen molar-refractivity contribution in [1.29, 1.82) is 0 Å². The van der Waals surface area contributed by atoms with E-state index in [-0.39, 0.29) is 11.4 Å². The van der Waals surface area contributed by atoms with Crippen LogP contribution >= 0.6 is 11.6 Å². The number of benzene rings is 1. The highest BCUT2D eigenvalue weighted by Gasteiger charge is 2.35. The molecule has 4 N–H and O–H groups in total. The maximum atomic E-state index is 5.92. The Kier molecular flexibility index (Phi) is 3.57. The number of nitrogens with zero attached hydrogens (tertiary/aromatic N) is 1. The van der Waals surface area contributed by atoms with Crippen LogP contribution in [0.3, 0.4) is 0 Å². The van der Waals surface area contributed by atoms with Crippen molar-refractivity contribution in [3.05, 3.63) is 34.9 Å². The average Bonchev–Trinajstić information content (AvgIpc) is 2.77. The van der Waals surface area contributed by atoms with E-state index in [1.807, 2.05) is 12.1 Å². The lowest BCUT2D eigenvalue weighted by Gasteiger charge is -2.27. The Balaban J connectivity index is 2.27. The molecule has 1 aliphatic carbocycles. The normalized spacial score (nSPS) is 17.9. The zero-order valence-corrected chi connectivity index (χ0v) is 10.6. The lowest BCUT2D eigenvalue weighted by molar-refractivity contribution is 0.454. The Labute approximate surface area is 107 Å². The van der Waals surface area contributed by atoms with E-state index in [4.69, 9.17) is 23.1 Å². The van der Waals surface area contributed by atoms with Gasteiger partial charge in [0.05, 0.1) is 6.54 Å². The van der Waals surface area contributed by atoms with Crippen LogP contribution in [0.4, 0.5) is 0 Å². The first kappa shape index (κ1) is 12.2. The van der Waals surface area contributed by atoms with E-state index in [9.17, 15) is 0 Å². The highest BCUT2D eigenvalue weighted by atomic mass is 35.5. The molecule has 0 aliphatic heterocycles. The Morgan fingerprint density at radius 1 is 1.18 bits per heavy atom. The molecule has 1 aromatic rings. The second-order valence-electron chi connectivity index (χ2n) is 4.74. The standard InChI is InChI=1S/C13H18ClN3/c14-11-5-3-10(4-6-11)13(7-1-2-8-13)9-17-12(15)16/h3-6H,1-2,7-9H2,(H4,15,16,17). The Bertz CT molecular complexity index is 401. The molecule has 0 atom stereocenters. The summed E-state index contributed by atoms with van der Waals surface area (Å²) in [6, 6.07) is 8.06. The Hall–Kier alpha value is -1.22. The quantitative estimate of drug-likeness (QED) is 0.640. The molecule has 2 rings (SSSR count). The van der Waals surface area contributed by atoms with Crippen molar-refractivity contribution in [3.8, 4) is 0 Å². The molecule has 1 aliphatic rings. The summed E-state index contributed by atoms with van der Waals surface area (Å²) in [7, 11) is 0. The zero-order valence-electron chi connectivity index (χ0n) is 9.82. The van der Waals surface area contributed by atoms with Gasteiger partial charge in [-0.15, -0.1) is 0 Å². The first-order valence-electron chi connectivity index (χ1n) is 5.94. The van der Waals surface area contributed by atoms with E-state index in [0.29, 0.717) is 6.54 Å². The van der Waals surface area contributed by atoms with E-state index in [1.165, 1.54) is 18.4 Å². The van der Waals surface area contributed by atoms with Crippen molar-refractivity contribution in [3.63, 3.8) is 0 Å². The molecule has 0 saturated heterocycles. The maximum absolute atomic E-state index is 5.92. The van der Waals surface area contributed by atoms with Crippen molar-refractivity contribution in [2.75, 3.05) is 6.54 Å². The first-order chi connectivity index (χ1) is 8.12. The fourth-order valence-corrected chi connectivity index (χ4v) is 2.76. The van der Waals surface area contributed by atoms with E-state index in [0.717, 1.165) is 17.9 Å². The first-order valence-corrected chi connectivity index (χ1v) is 6.32.